The second-order valence-electron chi connectivity index (χ2n) is 17.8. The van der Waals surface area contributed by atoms with Crippen LogP contribution in [0, 0.1) is 0 Å². The third-order valence-electron chi connectivity index (χ3n) is 14.0. The first-order valence-corrected chi connectivity index (χ1v) is 39.2. The third kappa shape index (κ3) is 6.97. The summed E-state index contributed by atoms with van der Waals surface area (Å²) in [5, 5.41) is 3.01. The zero-order valence-electron chi connectivity index (χ0n) is 36.0. The van der Waals surface area contributed by atoms with Crippen molar-refractivity contribution in [3.8, 4) is 33.4 Å². The van der Waals surface area contributed by atoms with Gasteiger partial charge in [-0.1, -0.05) is 0 Å². The maximum absolute atomic E-state index is 9.45. The van der Waals surface area contributed by atoms with Crippen molar-refractivity contribution in [2.75, 3.05) is 0 Å². The molecule has 0 saturated carbocycles. The van der Waals surface area contributed by atoms with Crippen LogP contribution in [0.1, 0.15) is 120 Å². The molecular weight excluding hydrogens is 950 g/mol. The maximum atomic E-state index is 9.45. The van der Waals surface area contributed by atoms with Crippen molar-refractivity contribution in [3.05, 3.63) is 172 Å². The zero-order chi connectivity index (χ0) is 41.5. The van der Waals surface area contributed by atoms with Gasteiger partial charge in [0.15, 0.2) is 0 Å². The Labute approximate surface area is 370 Å². The van der Waals surface area contributed by atoms with Crippen LogP contribution >= 0.6 is 17.2 Å². The predicted molar refractivity (Wildman–Crippen MR) is 263 cm³/mol. The molecule has 0 aromatic heterocycles. The molecule has 1 aliphatic heterocycles. The van der Waals surface area contributed by atoms with Gasteiger partial charge >= 0.3 is 373 Å². The van der Waals surface area contributed by atoms with Crippen LogP contribution in [0.15, 0.2) is 139 Å². The van der Waals surface area contributed by atoms with E-state index in [1.54, 1.807) is 0 Å². The second-order valence-corrected chi connectivity index (χ2v) is 48.9. The fourth-order valence-electron chi connectivity index (χ4n) is 11.5. The van der Waals surface area contributed by atoms with Crippen molar-refractivity contribution in [1.29, 1.82) is 0 Å². The summed E-state index contributed by atoms with van der Waals surface area (Å²) >= 11 is -5.80. The molecule has 0 amide bonds. The van der Waals surface area contributed by atoms with Crippen LogP contribution in [-0.4, -0.2) is 9.52 Å². The van der Waals surface area contributed by atoms with Crippen molar-refractivity contribution in [2.45, 2.75) is 99.3 Å². The molecule has 0 radical (unpaired) electrons. The van der Waals surface area contributed by atoms with E-state index in [-0.39, 0.29) is 7.35 Å². The topological polar surface area (TPSA) is 0 Å². The van der Waals surface area contributed by atoms with Crippen molar-refractivity contribution < 1.29 is 16.1 Å². The fourth-order valence-corrected chi connectivity index (χ4v) is 50.6. The first kappa shape index (κ1) is 41.8. The van der Waals surface area contributed by atoms with Crippen molar-refractivity contribution in [3.63, 3.8) is 0 Å². The van der Waals surface area contributed by atoms with Crippen LogP contribution in [0.2, 0.25) is 0 Å². The van der Waals surface area contributed by atoms with E-state index in [1.807, 2.05) is 0 Å². The Morgan fingerprint density at radius 2 is 0.900 bits per heavy atom. The van der Waals surface area contributed by atoms with Crippen molar-refractivity contribution in [1.82, 2.24) is 0 Å². The van der Waals surface area contributed by atoms with Gasteiger partial charge in [-0.3, -0.25) is 0 Å². The molecule has 9 rings (SSSR count). The van der Waals surface area contributed by atoms with E-state index in [2.05, 4.69) is 167 Å². The Balaban J connectivity index is 1.36. The van der Waals surface area contributed by atoms with Gasteiger partial charge in [-0.05, 0) is 0 Å². The molecule has 0 bridgehead atoms. The Hall–Kier alpha value is -3.53. The fraction of sp³-hybridized carbons (Fsp3) is 0.286. The Morgan fingerprint density at radius 1 is 0.450 bits per heavy atom. The number of benzene rings is 6. The van der Waals surface area contributed by atoms with Crippen molar-refractivity contribution >= 4 is 52.5 Å². The summed E-state index contributed by atoms with van der Waals surface area (Å²) in [7, 11) is 18.0. The normalized spacial score (nSPS) is 17.4. The Bertz CT molecular complexity index is 2520. The minimum atomic E-state index is -5.80. The molecule has 0 spiro atoms. The van der Waals surface area contributed by atoms with Gasteiger partial charge < -0.3 is 0 Å². The van der Waals surface area contributed by atoms with E-state index in [9.17, 15) is 17.2 Å². The summed E-state index contributed by atoms with van der Waals surface area (Å²) in [4.78, 5) is 0. The zero-order valence-corrected chi connectivity index (χ0v) is 42.5. The van der Waals surface area contributed by atoms with Crippen molar-refractivity contribution in [2.24, 2.45) is 0 Å². The standard InChI is InChI=1S/2C22H25.C12H9Si.2ClH.Hf/c2*1-3-5-10-17-15-19-12-8-14-21(22(19)16-17)20-13-7-6-11-18(20)9-4-2;1-3-7-11-9(5-1)10-6-2-4-8-12(10)13-11;;;/h2*6-8,11-16H,3-5,9-10H2,1-2H3;1-7H,13H2;2*1H;/q;;;;;+2/p-2. The minimum absolute atomic E-state index is 0.0496. The molecule has 0 nitrogen and oxygen atoms in total. The van der Waals surface area contributed by atoms with Crippen LogP contribution in [0.4, 0.5) is 0 Å². The number of hydrogen-bond acceptors (Lipinski definition) is 0. The first-order valence-electron chi connectivity index (χ1n) is 22.9. The van der Waals surface area contributed by atoms with Gasteiger partial charge in [0.1, 0.15) is 0 Å². The number of unbranched alkanes of at least 4 members (excludes halogenated alkanes) is 2. The van der Waals surface area contributed by atoms with Gasteiger partial charge in [0.05, 0.1) is 0 Å². The Morgan fingerprint density at radius 3 is 1.42 bits per heavy atom. The molecule has 0 saturated heterocycles. The molecule has 2 aliphatic carbocycles. The molecule has 2 atom stereocenters. The number of rotatable bonds is 15. The average molecular weight is 1010 g/mol. The molecule has 6 aromatic rings. The van der Waals surface area contributed by atoms with Gasteiger partial charge in [0.25, 0.3) is 0 Å². The number of allylic oxidation sites excluding steroid dienone is 2. The van der Waals surface area contributed by atoms with Gasteiger partial charge in [0, 0.05) is 0 Å². The molecule has 60 heavy (non-hydrogen) atoms. The number of aryl methyl sites for hydroxylation is 2. The first-order chi connectivity index (χ1) is 29.3. The molecular formula is C56H59Cl2HfSi. The predicted octanol–water partition coefficient (Wildman–Crippen LogP) is 14.3. The third-order valence-corrected chi connectivity index (χ3v) is 45.8. The van der Waals surface area contributed by atoms with Crippen LogP contribution < -0.4 is 13.7 Å². The van der Waals surface area contributed by atoms with E-state index in [1.165, 1.54) is 91.6 Å². The Kier molecular flexibility index (Phi) is 12.1. The quantitative estimate of drug-likeness (QED) is 0.0898. The molecule has 2 unspecified atom stereocenters. The van der Waals surface area contributed by atoms with Gasteiger partial charge in [-0.15, -0.1) is 0 Å². The second kappa shape index (κ2) is 17.3. The summed E-state index contributed by atoms with van der Waals surface area (Å²) in [5.41, 5.74) is 19.2. The summed E-state index contributed by atoms with van der Waals surface area (Å²) in [6, 6.07) is 48.5. The van der Waals surface area contributed by atoms with Crippen LogP contribution in [-0.2, 0) is 29.0 Å². The summed E-state index contributed by atoms with van der Waals surface area (Å²) < 4.78 is 1.24. The molecule has 3 aliphatic rings. The van der Waals surface area contributed by atoms with Gasteiger partial charge in [0.2, 0.25) is 0 Å². The molecule has 0 fully saturated rings. The van der Waals surface area contributed by atoms with E-state index in [4.69, 9.17) is 0 Å². The number of hydrogen-bond donors (Lipinski definition) is 0. The van der Waals surface area contributed by atoms with E-state index < -0.39 is 25.7 Å². The average Bonchev–Trinajstić information content (AvgIpc) is 3.98. The van der Waals surface area contributed by atoms with Gasteiger partial charge in [-0.25, -0.2) is 0 Å². The van der Waals surface area contributed by atoms with Crippen LogP contribution in [0.5, 0.6) is 0 Å². The summed E-state index contributed by atoms with van der Waals surface area (Å²) in [5.74, 6) is 0. The van der Waals surface area contributed by atoms with E-state index >= 15 is 0 Å². The monoisotopic (exact) mass is 1010 g/mol. The summed E-state index contributed by atoms with van der Waals surface area (Å²) in [6.45, 7) is 9.22. The van der Waals surface area contributed by atoms with E-state index in [0.717, 1.165) is 64.2 Å². The molecule has 305 valence electrons. The molecule has 4 heteroatoms. The molecule has 1 heterocycles. The van der Waals surface area contributed by atoms with E-state index in [0.29, 0.717) is 0 Å². The van der Waals surface area contributed by atoms with Gasteiger partial charge in [-0.2, -0.15) is 0 Å². The molecule has 0 N–H and O–H groups in total. The summed E-state index contributed by atoms with van der Waals surface area (Å²) in [6.07, 6.45) is 16.0. The number of halogens is 2. The molecule has 6 aromatic carbocycles. The van der Waals surface area contributed by atoms with Crippen LogP contribution in [0.3, 0.4) is 0 Å². The number of fused-ring (bicyclic) bond motifs is 5. The van der Waals surface area contributed by atoms with Crippen LogP contribution in [0.25, 0.3) is 45.5 Å². The SMILES string of the molecule is CCCCC1=Cc2c(-c3ccccc3CCC)cccc2[CH]1[Hf]([Cl])([Cl])([c]1cccc2c1[SiH2]c1ccccc1-2)[CH]1C(CCCC)=Cc2c(-c3ccccc3CCC)cccc21.